The molecule has 24 heavy (non-hydrogen) atoms. The van der Waals surface area contributed by atoms with Crippen molar-refractivity contribution in [1.82, 2.24) is 0 Å². The van der Waals surface area contributed by atoms with Gasteiger partial charge in [-0.2, -0.15) is 0 Å². The molecular formula is C18H19F2O3P. The second-order valence-electron chi connectivity index (χ2n) is 5.88. The van der Waals surface area contributed by atoms with E-state index in [2.05, 4.69) is 0 Å². The van der Waals surface area contributed by atoms with E-state index in [1.807, 2.05) is 0 Å². The Morgan fingerprint density at radius 3 is 1.71 bits per heavy atom. The van der Waals surface area contributed by atoms with E-state index < -0.39 is 19.2 Å². The van der Waals surface area contributed by atoms with Gasteiger partial charge in [0, 0.05) is 0 Å². The molecule has 2 aromatic carbocycles. The fourth-order valence-corrected chi connectivity index (χ4v) is 5.05. The van der Waals surface area contributed by atoms with Gasteiger partial charge in [-0.15, -0.1) is 0 Å². The lowest BCUT2D eigenvalue weighted by atomic mass is 10.0. The summed E-state index contributed by atoms with van der Waals surface area (Å²) in [7, 11) is -3.77. The maximum atomic E-state index is 13.9. The molecule has 128 valence electrons. The van der Waals surface area contributed by atoms with Crippen LogP contribution in [0.1, 0.15) is 32.1 Å². The molecule has 1 fully saturated rings. The van der Waals surface area contributed by atoms with Crippen LogP contribution in [0.3, 0.4) is 0 Å². The predicted molar refractivity (Wildman–Crippen MR) is 88.5 cm³/mol. The third-order valence-corrected chi connectivity index (χ3v) is 6.46. The molecule has 0 N–H and O–H groups in total. The van der Waals surface area contributed by atoms with Gasteiger partial charge in [-0.3, -0.25) is 0 Å². The van der Waals surface area contributed by atoms with E-state index in [4.69, 9.17) is 9.05 Å². The summed E-state index contributed by atoms with van der Waals surface area (Å²) in [4.78, 5) is 0. The highest BCUT2D eigenvalue weighted by Crippen LogP contribution is 2.57. The van der Waals surface area contributed by atoms with Gasteiger partial charge in [0.15, 0.2) is 23.1 Å². The SMILES string of the molecule is O=P(Oc1ccccc1F)(Oc1ccccc1F)C1CCCCC1. The molecule has 6 heteroatoms. The van der Waals surface area contributed by atoms with E-state index in [0.29, 0.717) is 12.8 Å². The lowest BCUT2D eigenvalue weighted by Gasteiger charge is -2.30. The van der Waals surface area contributed by atoms with Gasteiger partial charge in [-0.1, -0.05) is 43.5 Å². The van der Waals surface area contributed by atoms with Gasteiger partial charge in [0.25, 0.3) is 0 Å². The van der Waals surface area contributed by atoms with Crippen molar-refractivity contribution in [1.29, 1.82) is 0 Å². The highest BCUT2D eigenvalue weighted by molar-refractivity contribution is 7.55. The van der Waals surface area contributed by atoms with Crippen LogP contribution in [0.15, 0.2) is 48.5 Å². The van der Waals surface area contributed by atoms with Crippen LogP contribution in [0.25, 0.3) is 0 Å². The third kappa shape index (κ3) is 3.78. The largest absolute Gasteiger partial charge is 0.433 e. The topological polar surface area (TPSA) is 35.5 Å². The summed E-state index contributed by atoms with van der Waals surface area (Å²) in [5, 5.41) is 0. The second kappa shape index (κ2) is 7.35. The molecule has 1 aliphatic rings. The zero-order valence-corrected chi connectivity index (χ0v) is 14.1. The Hall–Kier alpha value is -1.87. The first-order chi connectivity index (χ1) is 11.6. The first-order valence-corrected chi connectivity index (χ1v) is 9.68. The number of hydrogen-bond acceptors (Lipinski definition) is 3. The van der Waals surface area contributed by atoms with Crippen LogP contribution < -0.4 is 9.05 Å². The lowest BCUT2D eigenvalue weighted by molar-refractivity contribution is 0.336. The van der Waals surface area contributed by atoms with Gasteiger partial charge >= 0.3 is 7.60 Å². The van der Waals surface area contributed by atoms with Crippen LogP contribution in [0.2, 0.25) is 0 Å². The quantitative estimate of drug-likeness (QED) is 0.624. The monoisotopic (exact) mass is 352 g/mol. The summed E-state index contributed by atoms with van der Waals surface area (Å²) in [5.74, 6) is -1.51. The molecule has 0 heterocycles. The molecule has 3 rings (SSSR count). The minimum absolute atomic E-state index is 0.136. The van der Waals surface area contributed by atoms with Crippen LogP contribution in [-0.4, -0.2) is 5.66 Å². The Balaban J connectivity index is 1.93. The summed E-state index contributed by atoms with van der Waals surface area (Å²) in [6.07, 6.45) is 4.15. The van der Waals surface area contributed by atoms with Crippen molar-refractivity contribution in [3.63, 3.8) is 0 Å². The van der Waals surface area contributed by atoms with Crippen molar-refractivity contribution in [2.24, 2.45) is 0 Å². The normalized spacial score (nSPS) is 15.9. The van der Waals surface area contributed by atoms with Gasteiger partial charge < -0.3 is 9.05 Å². The first kappa shape index (κ1) is 17.0. The Morgan fingerprint density at radius 2 is 1.25 bits per heavy atom. The minimum Gasteiger partial charge on any atom is -0.413 e. The minimum atomic E-state index is -3.77. The zero-order valence-electron chi connectivity index (χ0n) is 13.2. The van der Waals surface area contributed by atoms with Gasteiger partial charge in [0.1, 0.15) is 0 Å². The number of rotatable bonds is 5. The Kier molecular flexibility index (Phi) is 5.20. The summed E-state index contributed by atoms with van der Waals surface area (Å²) < 4.78 is 52.3. The Bertz CT molecular complexity index is 693. The molecule has 3 nitrogen and oxygen atoms in total. The van der Waals surface area contributed by atoms with E-state index >= 15 is 0 Å². The fourth-order valence-electron chi connectivity index (χ4n) is 2.88. The van der Waals surface area contributed by atoms with E-state index in [-0.39, 0.29) is 17.2 Å². The molecule has 0 aromatic heterocycles. The molecule has 0 aliphatic heterocycles. The average molecular weight is 352 g/mol. The average Bonchev–Trinajstić information content (AvgIpc) is 2.60. The second-order valence-corrected chi connectivity index (χ2v) is 8.05. The number of hydrogen-bond donors (Lipinski definition) is 0. The van der Waals surface area contributed by atoms with E-state index in [1.54, 1.807) is 12.1 Å². The standard InChI is InChI=1S/C18H19F2O3P/c19-15-10-4-6-12-17(15)22-24(21,14-8-2-1-3-9-14)23-18-13-7-5-11-16(18)20/h4-7,10-14H,1-3,8-9H2. The van der Waals surface area contributed by atoms with Crippen molar-refractivity contribution in [3.05, 3.63) is 60.2 Å². The van der Waals surface area contributed by atoms with E-state index in [1.165, 1.54) is 36.4 Å². The van der Waals surface area contributed by atoms with Crippen LogP contribution in [0.5, 0.6) is 11.5 Å². The van der Waals surface area contributed by atoms with Crippen LogP contribution >= 0.6 is 7.60 Å². The van der Waals surface area contributed by atoms with Crippen molar-refractivity contribution in [2.75, 3.05) is 0 Å². The summed E-state index contributed by atoms with van der Waals surface area (Å²) in [6.45, 7) is 0. The molecule has 0 atom stereocenters. The number of para-hydroxylation sites is 2. The van der Waals surface area contributed by atoms with E-state index in [0.717, 1.165) is 19.3 Å². The van der Waals surface area contributed by atoms with E-state index in [9.17, 15) is 13.3 Å². The smallest absolute Gasteiger partial charge is 0.413 e. The Labute approximate surface area is 140 Å². The predicted octanol–water partition coefficient (Wildman–Crippen LogP) is 5.95. The molecule has 0 unspecified atom stereocenters. The highest BCUT2D eigenvalue weighted by atomic mass is 31.2. The molecule has 0 radical (unpaired) electrons. The number of halogens is 2. The summed E-state index contributed by atoms with van der Waals surface area (Å²) in [6, 6.07) is 11.5. The van der Waals surface area contributed by atoms with Gasteiger partial charge in [0.2, 0.25) is 0 Å². The molecule has 2 aromatic rings. The molecule has 1 saturated carbocycles. The maximum absolute atomic E-state index is 13.9. The molecule has 0 amide bonds. The summed E-state index contributed by atoms with van der Waals surface area (Å²) in [5.41, 5.74) is -0.370. The number of benzene rings is 2. The van der Waals surface area contributed by atoms with Crippen LogP contribution in [-0.2, 0) is 4.57 Å². The van der Waals surface area contributed by atoms with Gasteiger partial charge in [0.05, 0.1) is 5.66 Å². The Morgan fingerprint density at radius 1 is 0.792 bits per heavy atom. The molecule has 1 aliphatic carbocycles. The zero-order chi connectivity index (χ0) is 17.0. The first-order valence-electron chi connectivity index (χ1n) is 8.06. The lowest BCUT2D eigenvalue weighted by Crippen LogP contribution is -2.20. The van der Waals surface area contributed by atoms with Crippen LogP contribution in [0.4, 0.5) is 8.78 Å². The van der Waals surface area contributed by atoms with Crippen molar-refractivity contribution < 1.29 is 22.4 Å². The molecule has 0 saturated heterocycles. The highest BCUT2D eigenvalue weighted by Gasteiger charge is 2.40. The maximum Gasteiger partial charge on any atom is 0.433 e. The fraction of sp³-hybridized carbons (Fsp3) is 0.333. The van der Waals surface area contributed by atoms with Crippen LogP contribution in [0, 0.1) is 11.6 Å². The summed E-state index contributed by atoms with van der Waals surface area (Å²) >= 11 is 0. The molecular weight excluding hydrogens is 333 g/mol. The van der Waals surface area contributed by atoms with Crippen molar-refractivity contribution in [3.8, 4) is 11.5 Å². The third-order valence-electron chi connectivity index (χ3n) is 4.15. The van der Waals surface area contributed by atoms with Gasteiger partial charge in [-0.05, 0) is 37.1 Å². The molecule has 0 bridgehead atoms. The van der Waals surface area contributed by atoms with Crippen molar-refractivity contribution >= 4 is 7.60 Å². The van der Waals surface area contributed by atoms with Gasteiger partial charge in [-0.25, -0.2) is 13.3 Å². The molecule has 0 spiro atoms. The van der Waals surface area contributed by atoms with Crippen molar-refractivity contribution in [2.45, 2.75) is 37.8 Å².